The molecule has 0 N–H and O–H groups in total. The molecular formula is C15H10BrF3O. The number of carbonyl (C=O) groups excluding carboxylic acids is 1. The molecule has 104 valence electrons. The molecule has 1 nitrogen and oxygen atoms in total. The van der Waals surface area contributed by atoms with Crippen molar-refractivity contribution in [2.24, 2.45) is 0 Å². The van der Waals surface area contributed by atoms with Crippen molar-refractivity contribution in [3.63, 3.8) is 0 Å². The van der Waals surface area contributed by atoms with Crippen molar-refractivity contribution >= 4 is 21.7 Å². The van der Waals surface area contributed by atoms with Gasteiger partial charge in [-0.3, -0.25) is 4.79 Å². The molecule has 0 spiro atoms. The Balaban J connectivity index is 2.09. The Bertz CT molecular complexity index is 656. The van der Waals surface area contributed by atoms with Gasteiger partial charge in [-0.15, -0.1) is 0 Å². The minimum atomic E-state index is -0.996. The molecule has 5 heteroatoms. The van der Waals surface area contributed by atoms with Crippen LogP contribution in [0.2, 0.25) is 0 Å². The van der Waals surface area contributed by atoms with Gasteiger partial charge in [-0.25, -0.2) is 13.2 Å². The van der Waals surface area contributed by atoms with Gasteiger partial charge in [0.25, 0.3) is 0 Å². The standard InChI is InChI=1S/C15H10BrF3O/c16-11-2-4-13(17)10(7-11)8-12(20)5-9-1-3-14(18)15(19)6-9/h1-4,6-7H,5,8H2. The molecule has 0 saturated heterocycles. The molecule has 0 radical (unpaired) electrons. The zero-order valence-corrected chi connectivity index (χ0v) is 11.9. The number of carbonyl (C=O) groups is 1. The van der Waals surface area contributed by atoms with Crippen molar-refractivity contribution in [3.8, 4) is 0 Å². The van der Waals surface area contributed by atoms with Gasteiger partial charge in [0, 0.05) is 17.3 Å². The second kappa shape index (κ2) is 6.22. The van der Waals surface area contributed by atoms with Crippen LogP contribution in [0.25, 0.3) is 0 Å². The summed E-state index contributed by atoms with van der Waals surface area (Å²) in [5, 5.41) is 0. The van der Waals surface area contributed by atoms with E-state index in [0.29, 0.717) is 10.0 Å². The predicted octanol–water partition coefficient (Wildman–Crippen LogP) is 4.22. The molecule has 0 atom stereocenters. The largest absolute Gasteiger partial charge is 0.299 e. The van der Waals surface area contributed by atoms with Gasteiger partial charge in [0.1, 0.15) is 11.6 Å². The zero-order valence-electron chi connectivity index (χ0n) is 10.3. The van der Waals surface area contributed by atoms with Gasteiger partial charge in [0.05, 0.1) is 0 Å². The second-order valence-corrected chi connectivity index (χ2v) is 5.29. The van der Waals surface area contributed by atoms with Gasteiger partial charge in [-0.1, -0.05) is 22.0 Å². The summed E-state index contributed by atoms with van der Waals surface area (Å²) < 4.78 is 40.0. The first-order chi connectivity index (χ1) is 9.45. The van der Waals surface area contributed by atoms with Crippen LogP contribution in [0.15, 0.2) is 40.9 Å². The molecule has 0 aliphatic heterocycles. The van der Waals surface area contributed by atoms with E-state index in [1.807, 2.05) is 0 Å². The summed E-state index contributed by atoms with van der Waals surface area (Å²) in [6.45, 7) is 0. The highest BCUT2D eigenvalue weighted by Crippen LogP contribution is 2.17. The van der Waals surface area contributed by atoms with E-state index in [4.69, 9.17) is 0 Å². The van der Waals surface area contributed by atoms with E-state index in [1.54, 1.807) is 6.07 Å². The van der Waals surface area contributed by atoms with Gasteiger partial charge in [0.2, 0.25) is 0 Å². The molecule has 0 saturated carbocycles. The minimum Gasteiger partial charge on any atom is -0.299 e. The molecule has 0 amide bonds. The number of hydrogen-bond acceptors (Lipinski definition) is 1. The molecule has 0 aromatic heterocycles. The summed E-state index contributed by atoms with van der Waals surface area (Å²) in [6, 6.07) is 7.62. The third-order valence-corrected chi connectivity index (χ3v) is 3.27. The van der Waals surface area contributed by atoms with Crippen LogP contribution in [0.5, 0.6) is 0 Å². The lowest BCUT2D eigenvalue weighted by Crippen LogP contribution is -2.08. The number of halogens is 4. The lowest BCUT2D eigenvalue weighted by Gasteiger charge is -2.04. The zero-order chi connectivity index (χ0) is 14.7. The quantitative estimate of drug-likeness (QED) is 0.812. The van der Waals surface area contributed by atoms with Crippen LogP contribution < -0.4 is 0 Å². The molecule has 2 rings (SSSR count). The fourth-order valence-corrected chi connectivity index (χ4v) is 2.24. The van der Waals surface area contributed by atoms with Gasteiger partial charge in [0.15, 0.2) is 11.6 Å². The Kier molecular flexibility index (Phi) is 4.60. The number of benzene rings is 2. The molecule has 20 heavy (non-hydrogen) atoms. The highest BCUT2D eigenvalue weighted by molar-refractivity contribution is 9.10. The average molecular weight is 343 g/mol. The highest BCUT2D eigenvalue weighted by Gasteiger charge is 2.11. The lowest BCUT2D eigenvalue weighted by molar-refractivity contribution is -0.117. The monoisotopic (exact) mass is 342 g/mol. The third-order valence-electron chi connectivity index (χ3n) is 2.78. The number of Topliss-reactive ketones (excluding diaryl/α,β-unsaturated/α-hetero) is 1. The van der Waals surface area contributed by atoms with Crippen molar-refractivity contribution in [1.82, 2.24) is 0 Å². The van der Waals surface area contributed by atoms with E-state index < -0.39 is 17.5 Å². The first-order valence-electron chi connectivity index (χ1n) is 5.85. The Hall–Kier alpha value is -1.62. The molecule has 0 aliphatic rings. The van der Waals surface area contributed by atoms with Crippen molar-refractivity contribution in [2.45, 2.75) is 12.8 Å². The molecule has 0 heterocycles. The van der Waals surface area contributed by atoms with Crippen LogP contribution in [-0.2, 0) is 17.6 Å². The summed E-state index contributed by atoms with van der Waals surface area (Å²) in [7, 11) is 0. The van der Waals surface area contributed by atoms with E-state index in [2.05, 4.69) is 15.9 Å². The number of ketones is 1. The van der Waals surface area contributed by atoms with Crippen LogP contribution >= 0.6 is 15.9 Å². The topological polar surface area (TPSA) is 17.1 Å². The predicted molar refractivity (Wildman–Crippen MR) is 72.9 cm³/mol. The second-order valence-electron chi connectivity index (χ2n) is 4.38. The summed E-state index contributed by atoms with van der Waals surface area (Å²) in [6.07, 6.45) is -0.159. The number of rotatable bonds is 4. The summed E-state index contributed by atoms with van der Waals surface area (Å²) in [5.41, 5.74) is 0.635. The van der Waals surface area contributed by atoms with E-state index in [0.717, 1.165) is 12.1 Å². The highest BCUT2D eigenvalue weighted by atomic mass is 79.9. The van der Waals surface area contributed by atoms with Crippen LogP contribution in [0.3, 0.4) is 0 Å². The van der Waals surface area contributed by atoms with Crippen molar-refractivity contribution < 1.29 is 18.0 Å². The lowest BCUT2D eigenvalue weighted by atomic mass is 10.0. The Labute approximate surface area is 122 Å². The van der Waals surface area contributed by atoms with E-state index >= 15 is 0 Å². The van der Waals surface area contributed by atoms with E-state index in [-0.39, 0.29) is 24.2 Å². The van der Waals surface area contributed by atoms with Crippen LogP contribution in [0.1, 0.15) is 11.1 Å². The Morgan fingerprint density at radius 2 is 1.60 bits per heavy atom. The molecule has 0 aliphatic carbocycles. The molecule has 2 aromatic carbocycles. The van der Waals surface area contributed by atoms with E-state index in [9.17, 15) is 18.0 Å². The number of hydrogen-bond donors (Lipinski definition) is 0. The Morgan fingerprint density at radius 3 is 2.30 bits per heavy atom. The van der Waals surface area contributed by atoms with Crippen LogP contribution in [0, 0.1) is 17.5 Å². The maximum atomic E-state index is 13.5. The van der Waals surface area contributed by atoms with Crippen LogP contribution in [0.4, 0.5) is 13.2 Å². The minimum absolute atomic E-state index is 0.0663. The SMILES string of the molecule is O=C(Cc1ccc(F)c(F)c1)Cc1cc(Br)ccc1F. The fraction of sp³-hybridized carbons (Fsp3) is 0.133. The van der Waals surface area contributed by atoms with Crippen molar-refractivity contribution in [2.75, 3.05) is 0 Å². The molecule has 0 fully saturated rings. The van der Waals surface area contributed by atoms with Crippen LogP contribution in [-0.4, -0.2) is 5.78 Å². The molecule has 0 unspecified atom stereocenters. The van der Waals surface area contributed by atoms with E-state index in [1.165, 1.54) is 18.2 Å². The maximum absolute atomic E-state index is 13.5. The van der Waals surface area contributed by atoms with Gasteiger partial charge >= 0.3 is 0 Å². The average Bonchev–Trinajstić information content (AvgIpc) is 2.38. The van der Waals surface area contributed by atoms with Crippen molar-refractivity contribution in [1.29, 1.82) is 0 Å². The first-order valence-corrected chi connectivity index (χ1v) is 6.64. The smallest absolute Gasteiger partial charge is 0.159 e. The summed E-state index contributed by atoms with van der Waals surface area (Å²) in [5.74, 6) is -2.69. The normalized spacial score (nSPS) is 10.6. The third kappa shape index (κ3) is 3.70. The van der Waals surface area contributed by atoms with Gasteiger partial charge in [-0.2, -0.15) is 0 Å². The fourth-order valence-electron chi connectivity index (χ4n) is 1.83. The molecule has 2 aromatic rings. The molecular weight excluding hydrogens is 333 g/mol. The van der Waals surface area contributed by atoms with Crippen molar-refractivity contribution in [3.05, 3.63) is 69.4 Å². The Morgan fingerprint density at radius 1 is 0.900 bits per heavy atom. The molecule has 0 bridgehead atoms. The first kappa shape index (κ1) is 14.8. The van der Waals surface area contributed by atoms with Gasteiger partial charge in [-0.05, 0) is 41.5 Å². The summed E-state index contributed by atoms with van der Waals surface area (Å²) in [4.78, 5) is 11.8. The summed E-state index contributed by atoms with van der Waals surface area (Å²) >= 11 is 3.20. The van der Waals surface area contributed by atoms with Gasteiger partial charge < -0.3 is 0 Å². The maximum Gasteiger partial charge on any atom is 0.159 e.